The minimum Gasteiger partial charge on any atom is -0.461 e. The Hall–Kier alpha value is -5.27. The van der Waals surface area contributed by atoms with Gasteiger partial charge in [-0.25, -0.2) is 4.79 Å². The molecule has 0 spiro atoms. The molecule has 15 nitrogen and oxygen atoms in total. The van der Waals surface area contributed by atoms with Crippen LogP contribution in [0.1, 0.15) is 77.2 Å². The second-order valence-corrected chi connectivity index (χ2v) is 19.7. The molecule has 0 saturated carbocycles. The monoisotopic (exact) mass is 1090 g/mol. The third-order valence-electron chi connectivity index (χ3n) is 12.6. The van der Waals surface area contributed by atoms with Gasteiger partial charge in [-0.2, -0.15) is 0 Å². The lowest BCUT2D eigenvalue weighted by molar-refractivity contribution is -0.130. The van der Waals surface area contributed by atoms with Gasteiger partial charge >= 0.3 is 5.97 Å². The Balaban J connectivity index is 2.31. The first-order chi connectivity index (χ1) is 37.6. The van der Waals surface area contributed by atoms with E-state index in [1.807, 2.05) is 26.0 Å². The number of ketones is 2. The lowest BCUT2D eigenvalue weighted by atomic mass is 9.88. The number of esters is 1. The SMILES string of the molecule is C=CCOCC(COCC=C)(COCC=C)COC(=O)c1ccc(C(=O)C(C)(CC)OCC(COCC=C)(COCC=C)COCc2ccc(C(=O)[C@](C)(CC)OCC(COCC=C)(COCC=C)COCC=C)cc2)cc1. The Morgan fingerprint density at radius 1 is 0.372 bits per heavy atom. The number of benzene rings is 2. The first-order valence-electron chi connectivity index (χ1n) is 26.4. The average molecular weight is 1090 g/mol. The number of hydrogen-bond acceptors (Lipinski definition) is 15. The molecule has 0 aliphatic rings. The van der Waals surface area contributed by atoms with Crippen LogP contribution < -0.4 is 0 Å². The normalized spacial score (nSPS) is 13.3. The van der Waals surface area contributed by atoms with Gasteiger partial charge in [0.15, 0.2) is 11.6 Å². The van der Waals surface area contributed by atoms with Gasteiger partial charge in [-0.1, -0.05) is 98.9 Å². The van der Waals surface area contributed by atoms with Crippen LogP contribution in [0.25, 0.3) is 0 Å². The van der Waals surface area contributed by atoms with Gasteiger partial charge in [-0.05, 0) is 44.4 Å². The maximum absolute atomic E-state index is 14.4. The molecule has 2 rings (SSSR count). The number of carbonyl (C=O) groups excluding carboxylic acids is 3. The first-order valence-corrected chi connectivity index (χ1v) is 26.4. The van der Waals surface area contributed by atoms with Crippen molar-refractivity contribution >= 4 is 17.5 Å². The minimum absolute atomic E-state index is 0.0124. The van der Waals surface area contributed by atoms with Crippen LogP contribution in [0.4, 0.5) is 0 Å². The van der Waals surface area contributed by atoms with Gasteiger partial charge in [-0.3, -0.25) is 9.59 Å². The molecule has 1 unspecified atom stereocenters. The summed E-state index contributed by atoms with van der Waals surface area (Å²) >= 11 is 0. The predicted octanol–water partition coefficient (Wildman–Crippen LogP) is 10.4. The molecule has 0 bridgehead atoms. The van der Waals surface area contributed by atoms with Crippen LogP contribution in [0.3, 0.4) is 0 Å². The minimum atomic E-state index is -1.30. The molecule has 0 fully saturated rings. The Morgan fingerprint density at radius 3 is 0.910 bits per heavy atom. The summed E-state index contributed by atoms with van der Waals surface area (Å²) in [7, 11) is 0. The topological polar surface area (TPSA) is 162 Å². The summed E-state index contributed by atoms with van der Waals surface area (Å²) in [6, 6.07) is 13.5. The fourth-order valence-corrected chi connectivity index (χ4v) is 7.71. The highest BCUT2D eigenvalue weighted by atomic mass is 16.6. The van der Waals surface area contributed by atoms with Crippen LogP contribution in [-0.2, 0) is 63.4 Å². The molecular weight excluding hydrogens is 997 g/mol. The summed E-state index contributed by atoms with van der Waals surface area (Å²) in [5.74, 6) is -1.07. The summed E-state index contributed by atoms with van der Waals surface area (Å²) in [4.78, 5) is 42.0. The van der Waals surface area contributed by atoms with E-state index >= 15 is 0 Å². The summed E-state index contributed by atoms with van der Waals surface area (Å²) in [6.45, 7) is 41.6. The molecule has 15 heteroatoms. The number of carbonyl (C=O) groups is 3. The van der Waals surface area contributed by atoms with Crippen LogP contribution in [0, 0.1) is 16.2 Å². The highest BCUT2D eigenvalue weighted by Crippen LogP contribution is 2.31. The van der Waals surface area contributed by atoms with Gasteiger partial charge < -0.3 is 56.8 Å². The average Bonchev–Trinajstić information content (AvgIpc) is 3.45. The quantitative estimate of drug-likeness (QED) is 0.0266. The fraction of sp³-hybridized carbons (Fsp3) is 0.508. The van der Waals surface area contributed by atoms with E-state index in [2.05, 4.69) is 52.6 Å². The van der Waals surface area contributed by atoms with Crippen molar-refractivity contribution in [1.82, 2.24) is 0 Å². The zero-order chi connectivity index (χ0) is 57.6. The molecule has 0 N–H and O–H groups in total. The standard InChI is InChI=1S/C63H90O15/c1-13-31-67-40-61(41-68-32-14-2,42-69-33-15-3)49-76-58(66)55-29-27-54(28-30-55)57(65)60(12,22-10)78-51-63(46-73-37-19-7,47-74-38-20-8)48-75-39-52-23-25-53(26-24-52)56(64)59(11,21-9)77-50-62(43-70-34-16-4,44-71-35-17-5)45-72-36-18-6/h13-20,23-30H,1-8,21-22,31-51H2,9-12H3/t59-,60?/m0/s1. The van der Waals surface area contributed by atoms with Crippen LogP contribution in [0.15, 0.2) is 150 Å². The molecule has 0 aliphatic heterocycles. The lowest BCUT2D eigenvalue weighted by Gasteiger charge is -2.37. The number of ether oxygens (including phenoxy) is 12. The van der Waals surface area contributed by atoms with Crippen molar-refractivity contribution in [2.75, 3.05) is 132 Å². The Kier molecular flexibility index (Phi) is 33.8. The predicted molar refractivity (Wildman–Crippen MR) is 306 cm³/mol. The smallest absolute Gasteiger partial charge is 0.338 e. The second kappa shape index (κ2) is 38.4. The molecule has 432 valence electrons. The molecule has 0 radical (unpaired) electrons. The molecule has 0 amide bonds. The van der Waals surface area contributed by atoms with Gasteiger partial charge in [0, 0.05) is 11.1 Å². The van der Waals surface area contributed by atoms with Gasteiger partial charge in [0.05, 0.1) is 154 Å². The van der Waals surface area contributed by atoms with Crippen molar-refractivity contribution in [3.05, 3.63) is 172 Å². The summed E-state index contributed by atoms with van der Waals surface area (Å²) in [5, 5.41) is 0. The van der Waals surface area contributed by atoms with Crippen molar-refractivity contribution in [1.29, 1.82) is 0 Å². The van der Waals surface area contributed by atoms with E-state index in [1.54, 1.807) is 98.9 Å². The van der Waals surface area contributed by atoms with E-state index < -0.39 is 33.4 Å². The Bertz CT molecular complexity index is 2050. The van der Waals surface area contributed by atoms with Crippen LogP contribution in [0.5, 0.6) is 0 Å². The van der Waals surface area contributed by atoms with Crippen molar-refractivity contribution in [2.45, 2.75) is 58.3 Å². The maximum Gasteiger partial charge on any atom is 0.338 e. The second-order valence-electron chi connectivity index (χ2n) is 19.7. The molecule has 2 atom stereocenters. The number of Topliss-reactive ketones (excluding diaryl/α,β-unsaturated/α-hetero) is 2. The van der Waals surface area contributed by atoms with Crippen molar-refractivity contribution in [2.24, 2.45) is 16.2 Å². The summed E-state index contributed by atoms with van der Waals surface area (Å²) < 4.78 is 72.6. The first kappa shape index (κ1) is 68.8. The number of rotatable bonds is 51. The summed E-state index contributed by atoms with van der Waals surface area (Å²) in [5.41, 5.74) is -3.09. The molecule has 2 aromatic rings. The van der Waals surface area contributed by atoms with Crippen LogP contribution >= 0.6 is 0 Å². The Morgan fingerprint density at radius 2 is 0.628 bits per heavy atom. The third-order valence-corrected chi connectivity index (χ3v) is 12.6. The van der Waals surface area contributed by atoms with E-state index in [0.717, 1.165) is 5.56 Å². The fourth-order valence-electron chi connectivity index (χ4n) is 7.71. The van der Waals surface area contributed by atoms with Gasteiger partial charge in [0.2, 0.25) is 0 Å². The molecule has 78 heavy (non-hydrogen) atoms. The highest BCUT2D eigenvalue weighted by Gasteiger charge is 2.41. The van der Waals surface area contributed by atoms with E-state index in [9.17, 15) is 14.4 Å². The highest BCUT2D eigenvalue weighted by molar-refractivity contribution is 6.03. The summed E-state index contributed by atoms with van der Waals surface area (Å²) in [6.07, 6.45) is 13.9. The van der Waals surface area contributed by atoms with Crippen molar-refractivity contribution < 1.29 is 71.2 Å². The van der Waals surface area contributed by atoms with Gasteiger partial charge in [0.1, 0.15) is 17.8 Å². The van der Waals surface area contributed by atoms with E-state index in [1.165, 1.54) is 0 Å². The zero-order valence-electron chi connectivity index (χ0n) is 47.3. The zero-order valence-corrected chi connectivity index (χ0v) is 47.3. The largest absolute Gasteiger partial charge is 0.461 e. The third kappa shape index (κ3) is 24.0. The molecule has 0 heterocycles. The Labute approximate surface area is 465 Å². The molecule has 0 saturated heterocycles. The molecule has 2 aromatic carbocycles. The maximum atomic E-state index is 14.4. The van der Waals surface area contributed by atoms with Gasteiger partial charge in [0.25, 0.3) is 0 Å². The molecular formula is C63H90O15. The van der Waals surface area contributed by atoms with E-state index in [-0.39, 0.29) is 136 Å². The van der Waals surface area contributed by atoms with Crippen LogP contribution in [-0.4, -0.2) is 161 Å². The van der Waals surface area contributed by atoms with Crippen molar-refractivity contribution in [3.8, 4) is 0 Å². The lowest BCUT2D eigenvalue weighted by Crippen LogP contribution is -2.47. The van der Waals surface area contributed by atoms with Crippen LogP contribution in [0.2, 0.25) is 0 Å². The van der Waals surface area contributed by atoms with Crippen molar-refractivity contribution in [3.63, 3.8) is 0 Å². The molecule has 0 aliphatic carbocycles. The molecule has 0 aromatic heterocycles. The van der Waals surface area contributed by atoms with E-state index in [0.29, 0.717) is 43.8 Å². The van der Waals surface area contributed by atoms with Gasteiger partial charge in [-0.15, -0.1) is 52.6 Å². The van der Waals surface area contributed by atoms with E-state index in [4.69, 9.17) is 56.8 Å². The number of hydrogen-bond donors (Lipinski definition) is 0.